The molecule has 2 saturated heterocycles. The third-order valence-corrected chi connectivity index (χ3v) is 4.13. The molecule has 3 rings (SSSR count). The van der Waals surface area contributed by atoms with Gasteiger partial charge >= 0.3 is 0 Å². The maximum absolute atomic E-state index is 6.07. The first-order valence-electron chi connectivity index (χ1n) is 7.06. The molecule has 2 aliphatic heterocycles. The molecule has 0 unspecified atom stereocenters. The average Bonchev–Trinajstić information content (AvgIpc) is 3.02. The number of hydrogen-bond acceptors (Lipinski definition) is 3. The second-order valence-electron chi connectivity index (χ2n) is 5.51. The van der Waals surface area contributed by atoms with Crippen molar-refractivity contribution >= 4 is 0 Å². The van der Waals surface area contributed by atoms with Crippen LogP contribution in [0, 0.1) is 5.92 Å². The summed E-state index contributed by atoms with van der Waals surface area (Å²) in [7, 11) is 0. The van der Waals surface area contributed by atoms with Crippen molar-refractivity contribution < 1.29 is 9.47 Å². The van der Waals surface area contributed by atoms with Gasteiger partial charge in [-0.3, -0.25) is 0 Å². The summed E-state index contributed by atoms with van der Waals surface area (Å²) >= 11 is 0. The fourth-order valence-electron chi connectivity index (χ4n) is 3.13. The van der Waals surface area contributed by atoms with E-state index in [-0.39, 0.29) is 6.29 Å². The summed E-state index contributed by atoms with van der Waals surface area (Å²) in [6.07, 6.45) is 11.1. The Balaban J connectivity index is 1.46. The van der Waals surface area contributed by atoms with Crippen molar-refractivity contribution in [2.24, 2.45) is 5.92 Å². The van der Waals surface area contributed by atoms with Crippen LogP contribution in [0.25, 0.3) is 0 Å². The molecule has 0 bridgehead atoms. The maximum atomic E-state index is 6.07. The lowest BCUT2D eigenvalue weighted by atomic mass is 9.94. The van der Waals surface area contributed by atoms with Crippen LogP contribution in [0.1, 0.15) is 32.1 Å². The first-order chi connectivity index (χ1) is 8.42. The summed E-state index contributed by atoms with van der Waals surface area (Å²) in [5, 5.41) is 0. The number of nitrogens with zero attached hydrogens (tertiary/aromatic N) is 1. The molecule has 3 aliphatic rings. The molecule has 1 aliphatic carbocycles. The molecule has 17 heavy (non-hydrogen) atoms. The summed E-state index contributed by atoms with van der Waals surface area (Å²) in [5.41, 5.74) is 0. The summed E-state index contributed by atoms with van der Waals surface area (Å²) in [6.45, 7) is 4.35. The van der Waals surface area contributed by atoms with Crippen molar-refractivity contribution in [3.05, 3.63) is 12.2 Å². The minimum Gasteiger partial charge on any atom is -0.350 e. The molecule has 0 N–H and O–H groups in total. The van der Waals surface area contributed by atoms with Crippen LogP contribution >= 0.6 is 0 Å². The molecule has 0 spiro atoms. The average molecular weight is 237 g/mol. The van der Waals surface area contributed by atoms with Crippen molar-refractivity contribution in [2.75, 3.05) is 26.2 Å². The van der Waals surface area contributed by atoms with E-state index >= 15 is 0 Å². The number of rotatable bonds is 3. The molecule has 3 nitrogen and oxygen atoms in total. The maximum Gasteiger partial charge on any atom is 0.161 e. The van der Waals surface area contributed by atoms with Gasteiger partial charge in [-0.2, -0.15) is 0 Å². The smallest absolute Gasteiger partial charge is 0.161 e. The lowest BCUT2D eigenvalue weighted by molar-refractivity contribution is -0.100. The molecule has 0 aromatic rings. The van der Waals surface area contributed by atoms with Gasteiger partial charge in [0.15, 0.2) is 6.29 Å². The summed E-state index contributed by atoms with van der Waals surface area (Å²) in [6, 6.07) is 0. The predicted molar refractivity (Wildman–Crippen MR) is 66.8 cm³/mol. The minimum absolute atomic E-state index is 0.0625. The Hall–Kier alpha value is -0.380. The van der Waals surface area contributed by atoms with Gasteiger partial charge < -0.3 is 14.4 Å². The number of allylic oxidation sites excluding steroid dienone is 2. The van der Waals surface area contributed by atoms with Crippen molar-refractivity contribution in [3.63, 3.8) is 0 Å². The fourth-order valence-corrected chi connectivity index (χ4v) is 3.13. The molecule has 3 heteroatoms. The molecule has 0 saturated carbocycles. The van der Waals surface area contributed by atoms with Crippen LogP contribution in [0.3, 0.4) is 0 Å². The van der Waals surface area contributed by atoms with Crippen LogP contribution in [-0.4, -0.2) is 43.5 Å². The molecule has 0 amide bonds. The molecule has 0 radical (unpaired) electrons. The van der Waals surface area contributed by atoms with Crippen LogP contribution in [0.2, 0.25) is 0 Å². The Morgan fingerprint density at radius 1 is 1.18 bits per heavy atom. The fraction of sp³-hybridized carbons (Fsp3) is 0.857. The van der Waals surface area contributed by atoms with Gasteiger partial charge in [0, 0.05) is 12.5 Å². The Kier molecular flexibility index (Phi) is 3.79. The topological polar surface area (TPSA) is 21.7 Å². The van der Waals surface area contributed by atoms with E-state index in [9.17, 15) is 0 Å². The summed E-state index contributed by atoms with van der Waals surface area (Å²) in [4.78, 5) is 2.51. The van der Waals surface area contributed by atoms with Crippen LogP contribution in [0.15, 0.2) is 12.2 Å². The summed E-state index contributed by atoms with van der Waals surface area (Å²) < 4.78 is 11.9. The Morgan fingerprint density at radius 2 is 2.06 bits per heavy atom. The third kappa shape index (κ3) is 2.90. The van der Waals surface area contributed by atoms with Gasteiger partial charge in [-0.05, 0) is 45.2 Å². The highest BCUT2D eigenvalue weighted by atomic mass is 16.7. The summed E-state index contributed by atoms with van der Waals surface area (Å²) in [5.74, 6) is 0.587. The van der Waals surface area contributed by atoms with E-state index in [4.69, 9.17) is 9.47 Å². The molecular formula is C14H23NO2. The lowest BCUT2D eigenvalue weighted by Gasteiger charge is -2.24. The van der Waals surface area contributed by atoms with Gasteiger partial charge in [-0.1, -0.05) is 12.2 Å². The molecule has 3 atom stereocenters. The van der Waals surface area contributed by atoms with Crippen molar-refractivity contribution in [1.82, 2.24) is 4.90 Å². The van der Waals surface area contributed by atoms with E-state index in [0.717, 1.165) is 19.6 Å². The van der Waals surface area contributed by atoms with Crippen LogP contribution in [-0.2, 0) is 9.47 Å². The van der Waals surface area contributed by atoms with Crippen LogP contribution < -0.4 is 0 Å². The monoisotopic (exact) mass is 237 g/mol. The first-order valence-corrected chi connectivity index (χ1v) is 7.06. The van der Waals surface area contributed by atoms with Gasteiger partial charge in [-0.15, -0.1) is 0 Å². The Bertz CT molecular complexity index is 273. The van der Waals surface area contributed by atoms with Gasteiger partial charge in [-0.25, -0.2) is 0 Å². The molecule has 2 heterocycles. The largest absolute Gasteiger partial charge is 0.350 e. The van der Waals surface area contributed by atoms with Crippen molar-refractivity contribution in [3.8, 4) is 0 Å². The SMILES string of the molecule is C1=CC[C@H]([C@H]2OC[C@@H](CN3CCCC3)O2)CC1. The Labute approximate surface area is 104 Å². The third-order valence-electron chi connectivity index (χ3n) is 4.13. The van der Waals surface area contributed by atoms with E-state index in [1.54, 1.807) is 0 Å². The molecule has 2 fully saturated rings. The first kappa shape index (κ1) is 11.7. The number of likely N-dealkylation sites (tertiary alicyclic amines) is 1. The van der Waals surface area contributed by atoms with E-state index in [1.165, 1.54) is 38.8 Å². The predicted octanol–water partition coefficient (Wildman–Crippen LogP) is 2.18. The highest BCUT2D eigenvalue weighted by Gasteiger charge is 2.33. The molecule has 96 valence electrons. The van der Waals surface area contributed by atoms with Gasteiger partial charge in [0.1, 0.15) is 0 Å². The van der Waals surface area contributed by atoms with Gasteiger partial charge in [0.05, 0.1) is 12.7 Å². The Morgan fingerprint density at radius 3 is 2.82 bits per heavy atom. The second-order valence-corrected chi connectivity index (χ2v) is 5.51. The van der Waals surface area contributed by atoms with E-state index in [1.807, 2.05) is 0 Å². The van der Waals surface area contributed by atoms with Crippen molar-refractivity contribution in [1.29, 1.82) is 0 Å². The van der Waals surface area contributed by atoms with E-state index in [0.29, 0.717) is 12.0 Å². The molecule has 0 aromatic heterocycles. The van der Waals surface area contributed by atoms with Crippen LogP contribution in [0.4, 0.5) is 0 Å². The quantitative estimate of drug-likeness (QED) is 0.702. The standard InChI is InChI=1S/C14H23NO2/c1-2-6-12(7-3-1)14-16-11-13(17-14)10-15-8-4-5-9-15/h1-2,12-14H,3-11H2/t12-,13+,14-/m0/s1. The lowest BCUT2D eigenvalue weighted by Crippen LogP contribution is -2.32. The molecule has 0 aromatic carbocycles. The number of hydrogen-bond donors (Lipinski definition) is 0. The van der Waals surface area contributed by atoms with Gasteiger partial charge in [0.25, 0.3) is 0 Å². The highest BCUT2D eigenvalue weighted by molar-refractivity contribution is 4.92. The zero-order valence-electron chi connectivity index (χ0n) is 10.5. The zero-order chi connectivity index (χ0) is 11.5. The minimum atomic E-state index is 0.0625. The van der Waals surface area contributed by atoms with E-state index < -0.39 is 0 Å². The molecular weight excluding hydrogens is 214 g/mol. The second kappa shape index (κ2) is 5.51. The van der Waals surface area contributed by atoms with Crippen LogP contribution in [0.5, 0.6) is 0 Å². The van der Waals surface area contributed by atoms with E-state index in [2.05, 4.69) is 17.1 Å². The normalized spacial score (nSPS) is 38.9. The zero-order valence-corrected chi connectivity index (χ0v) is 10.5. The van der Waals surface area contributed by atoms with Crippen molar-refractivity contribution in [2.45, 2.75) is 44.5 Å². The highest BCUT2D eigenvalue weighted by Crippen LogP contribution is 2.29. The van der Waals surface area contributed by atoms with Gasteiger partial charge in [0.2, 0.25) is 0 Å². The number of ether oxygens (including phenoxy) is 2.